The van der Waals surface area contributed by atoms with Gasteiger partial charge in [0.25, 0.3) is 0 Å². The molecule has 1 heterocycles. The van der Waals surface area contributed by atoms with E-state index >= 15 is 0 Å². The first-order chi connectivity index (χ1) is 8.61. The van der Waals surface area contributed by atoms with Crippen LogP contribution in [0.4, 0.5) is 5.69 Å². The quantitative estimate of drug-likeness (QED) is 0.931. The third-order valence-corrected chi connectivity index (χ3v) is 4.29. The average Bonchev–Trinajstić information content (AvgIpc) is 2.38. The first kappa shape index (κ1) is 13.8. The molecule has 0 amide bonds. The van der Waals surface area contributed by atoms with Gasteiger partial charge in [-0.05, 0) is 47.1 Å². The van der Waals surface area contributed by atoms with E-state index < -0.39 is 0 Å². The van der Waals surface area contributed by atoms with Crippen molar-refractivity contribution in [1.29, 1.82) is 0 Å². The van der Waals surface area contributed by atoms with Crippen molar-refractivity contribution in [1.82, 2.24) is 4.90 Å². The van der Waals surface area contributed by atoms with Gasteiger partial charge in [-0.15, -0.1) is 0 Å². The molecule has 1 fully saturated rings. The van der Waals surface area contributed by atoms with Crippen molar-refractivity contribution in [2.45, 2.75) is 19.9 Å². The fourth-order valence-corrected chi connectivity index (χ4v) is 3.02. The SMILES string of the molecule is CCN1CCN(c2ccc([C@@H](C)N)cc2Br)CC1. The van der Waals surface area contributed by atoms with Crippen molar-refractivity contribution in [3.05, 3.63) is 28.2 Å². The number of piperazine rings is 1. The van der Waals surface area contributed by atoms with Crippen LogP contribution in [-0.4, -0.2) is 37.6 Å². The van der Waals surface area contributed by atoms with Crippen LogP contribution in [0.1, 0.15) is 25.5 Å². The van der Waals surface area contributed by atoms with Crippen LogP contribution in [0.3, 0.4) is 0 Å². The Bertz CT molecular complexity index is 398. The van der Waals surface area contributed by atoms with Crippen molar-refractivity contribution in [2.24, 2.45) is 5.73 Å². The molecule has 2 N–H and O–H groups in total. The summed E-state index contributed by atoms with van der Waals surface area (Å²) in [7, 11) is 0. The number of hydrogen-bond acceptors (Lipinski definition) is 3. The molecule has 4 heteroatoms. The van der Waals surface area contributed by atoms with E-state index in [1.807, 2.05) is 6.92 Å². The van der Waals surface area contributed by atoms with E-state index in [1.54, 1.807) is 0 Å². The molecule has 2 rings (SSSR count). The zero-order valence-corrected chi connectivity index (χ0v) is 12.8. The van der Waals surface area contributed by atoms with Gasteiger partial charge in [0, 0.05) is 36.7 Å². The highest BCUT2D eigenvalue weighted by Gasteiger charge is 2.17. The topological polar surface area (TPSA) is 32.5 Å². The Morgan fingerprint density at radius 2 is 1.94 bits per heavy atom. The Morgan fingerprint density at radius 1 is 1.28 bits per heavy atom. The third kappa shape index (κ3) is 3.05. The molecular formula is C14H22BrN3. The van der Waals surface area contributed by atoms with E-state index in [4.69, 9.17) is 5.73 Å². The maximum absolute atomic E-state index is 5.91. The van der Waals surface area contributed by atoms with Crippen molar-refractivity contribution >= 4 is 21.6 Å². The summed E-state index contributed by atoms with van der Waals surface area (Å²) in [4.78, 5) is 4.93. The van der Waals surface area contributed by atoms with Gasteiger partial charge in [-0.1, -0.05) is 13.0 Å². The minimum Gasteiger partial charge on any atom is -0.368 e. The van der Waals surface area contributed by atoms with E-state index in [2.05, 4.69) is 50.9 Å². The molecule has 3 nitrogen and oxygen atoms in total. The van der Waals surface area contributed by atoms with Crippen molar-refractivity contribution in [3.8, 4) is 0 Å². The average molecular weight is 312 g/mol. The number of benzene rings is 1. The van der Waals surface area contributed by atoms with Gasteiger partial charge in [-0.25, -0.2) is 0 Å². The van der Waals surface area contributed by atoms with Gasteiger partial charge >= 0.3 is 0 Å². The van der Waals surface area contributed by atoms with Gasteiger partial charge < -0.3 is 15.5 Å². The fraction of sp³-hybridized carbons (Fsp3) is 0.571. The van der Waals surface area contributed by atoms with E-state index in [-0.39, 0.29) is 6.04 Å². The highest BCUT2D eigenvalue weighted by Crippen LogP contribution is 2.29. The van der Waals surface area contributed by atoms with Crippen LogP contribution in [0, 0.1) is 0 Å². The lowest BCUT2D eigenvalue weighted by atomic mass is 10.1. The molecular weight excluding hydrogens is 290 g/mol. The Hall–Kier alpha value is -0.580. The minimum atomic E-state index is 0.0901. The normalized spacial score (nSPS) is 19.0. The number of nitrogens with zero attached hydrogens (tertiary/aromatic N) is 2. The predicted molar refractivity (Wildman–Crippen MR) is 81.1 cm³/mol. The molecule has 1 saturated heterocycles. The molecule has 0 aliphatic carbocycles. The number of anilines is 1. The van der Waals surface area contributed by atoms with Crippen LogP contribution in [0.15, 0.2) is 22.7 Å². The lowest BCUT2D eigenvalue weighted by Gasteiger charge is -2.36. The number of rotatable bonds is 3. The summed E-state index contributed by atoms with van der Waals surface area (Å²) >= 11 is 3.67. The second kappa shape index (κ2) is 6.04. The molecule has 0 radical (unpaired) electrons. The van der Waals surface area contributed by atoms with Crippen molar-refractivity contribution in [2.75, 3.05) is 37.6 Å². The van der Waals surface area contributed by atoms with Crippen LogP contribution >= 0.6 is 15.9 Å². The van der Waals surface area contributed by atoms with Gasteiger partial charge in [0.1, 0.15) is 0 Å². The van der Waals surface area contributed by atoms with Gasteiger partial charge in [0.05, 0.1) is 5.69 Å². The molecule has 100 valence electrons. The highest BCUT2D eigenvalue weighted by atomic mass is 79.9. The Morgan fingerprint density at radius 3 is 2.44 bits per heavy atom. The van der Waals surface area contributed by atoms with Gasteiger partial charge in [0.15, 0.2) is 0 Å². The maximum Gasteiger partial charge on any atom is 0.0511 e. The van der Waals surface area contributed by atoms with Crippen molar-refractivity contribution in [3.63, 3.8) is 0 Å². The van der Waals surface area contributed by atoms with Crippen LogP contribution in [0.2, 0.25) is 0 Å². The number of halogens is 1. The number of nitrogens with two attached hydrogens (primary N) is 1. The third-order valence-electron chi connectivity index (χ3n) is 3.66. The van der Waals surface area contributed by atoms with Crippen LogP contribution < -0.4 is 10.6 Å². The molecule has 0 unspecified atom stereocenters. The molecule has 0 aromatic heterocycles. The summed E-state index contributed by atoms with van der Waals surface area (Å²) in [6.45, 7) is 9.90. The molecule has 1 aromatic rings. The second-order valence-corrected chi connectivity index (χ2v) is 5.78. The second-order valence-electron chi connectivity index (χ2n) is 4.92. The molecule has 1 aliphatic heterocycles. The lowest BCUT2D eigenvalue weighted by molar-refractivity contribution is 0.271. The van der Waals surface area contributed by atoms with E-state index in [0.717, 1.165) is 37.2 Å². The summed E-state index contributed by atoms with van der Waals surface area (Å²) < 4.78 is 1.15. The van der Waals surface area contributed by atoms with Crippen molar-refractivity contribution < 1.29 is 0 Å². The van der Waals surface area contributed by atoms with E-state index in [0.29, 0.717) is 0 Å². The summed E-state index contributed by atoms with van der Waals surface area (Å²) in [6, 6.07) is 6.56. The molecule has 1 aromatic carbocycles. The first-order valence-electron chi connectivity index (χ1n) is 6.64. The largest absolute Gasteiger partial charge is 0.368 e. The Balaban J connectivity index is 2.10. The van der Waals surface area contributed by atoms with E-state index in [9.17, 15) is 0 Å². The molecule has 1 aliphatic rings. The minimum absolute atomic E-state index is 0.0901. The van der Waals surface area contributed by atoms with Gasteiger partial charge in [-0.2, -0.15) is 0 Å². The standard InChI is InChI=1S/C14H22BrN3/c1-3-17-6-8-18(9-7-17)14-5-4-12(11(2)16)10-13(14)15/h4-5,10-11H,3,6-9,16H2,1-2H3/t11-/m1/s1. The Kier molecular flexibility index (Phi) is 4.65. The van der Waals surface area contributed by atoms with Crippen LogP contribution in [0.5, 0.6) is 0 Å². The monoisotopic (exact) mass is 311 g/mol. The smallest absolute Gasteiger partial charge is 0.0511 e. The zero-order valence-electron chi connectivity index (χ0n) is 11.2. The van der Waals surface area contributed by atoms with Gasteiger partial charge in [-0.3, -0.25) is 0 Å². The van der Waals surface area contributed by atoms with Gasteiger partial charge in [0.2, 0.25) is 0 Å². The molecule has 0 saturated carbocycles. The number of likely N-dealkylation sites (N-methyl/N-ethyl adjacent to an activating group) is 1. The summed E-state index contributed by atoms with van der Waals surface area (Å²) in [5, 5.41) is 0. The lowest BCUT2D eigenvalue weighted by Crippen LogP contribution is -2.46. The fourth-order valence-electron chi connectivity index (χ4n) is 2.37. The van der Waals surface area contributed by atoms with Crippen LogP contribution in [-0.2, 0) is 0 Å². The molecule has 1 atom stereocenters. The predicted octanol–water partition coefficient (Wildman–Crippen LogP) is 2.61. The first-order valence-corrected chi connectivity index (χ1v) is 7.43. The molecule has 18 heavy (non-hydrogen) atoms. The highest BCUT2D eigenvalue weighted by molar-refractivity contribution is 9.10. The number of hydrogen-bond donors (Lipinski definition) is 1. The zero-order chi connectivity index (χ0) is 13.1. The molecule has 0 spiro atoms. The summed E-state index contributed by atoms with van der Waals surface area (Å²) in [5.41, 5.74) is 8.37. The summed E-state index contributed by atoms with van der Waals surface area (Å²) in [6.07, 6.45) is 0. The summed E-state index contributed by atoms with van der Waals surface area (Å²) in [5.74, 6) is 0. The maximum atomic E-state index is 5.91. The van der Waals surface area contributed by atoms with E-state index in [1.165, 1.54) is 11.3 Å². The molecule has 0 bridgehead atoms. The Labute approximate surface area is 118 Å². The van der Waals surface area contributed by atoms with Crippen LogP contribution in [0.25, 0.3) is 0 Å².